The van der Waals surface area contributed by atoms with Crippen LogP contribution in [0.25, 0.3) is 5.69 Å². The van der Waals surface area contributed by atoms with E-state index in [0.29, 0.717) is 10.7 Å². The van der Waals surface area contributed by atoms with Crippen LogP contribution in [0.2, 0.25) is 5.02 Å². The van der Waals surface area contributed by atoms with Crippen LogP contribution >= 0.6 is 11.6 Å². The van der Waals surface area contributed by atoms with Gasteiger partial charge in [-0.25, -0.2) is 4.68 Å². The third-order valence-corrected chi connectivity index (χ3v) is 7.38. The second-order valence-electron chi connectivity index (χ2n) is 9.54. The van der Waals surface area contributed by atoms with E-state index in [1.54, 1.807) is 10.9 Å². The second kappa shape index (κ2) is 9.39. The molecule has 2 aliphatic rings. The molecule has 5 rings (SSSR count). The number of fused-ring (bicyclic) bond motifs is 1. The van der Waals surface area contributed by atoms with Crippen LogP contribution < -0.4 is 10.2 Å². The van der Waals surface area contributed by atoms with Crippen LogP contribution in [0.4, 0.5) is 5.69 Å². The Bertz CT molecular complexity index is 1210. The van der Waals surface area contributed by atoms with Crippen molar-refractivity contribution in [1.82, 2.24) is 25.2 Å². The Morgan fingerprint density at radius 2 is 1.79 bits per heavy atom. The topological polar surface area (TPSA) is 66.3 Å². The third kappa shape index (κ3) is 4.55. The summed E-state index contributed by atoms with van der Waals surface area (Å²) < 4.78 is 1.63. The minimum Gasteiger partial charge on any atom is -0.369 e. The van der Waals surface area contributed by atoms with Gasteiger partial charge in [0.15, 0.2) is 5.69 Å². The smallest absolute Gasteiger partial charge is 0.273 e. The van der Waals surface area contributed by atoms with Gasteiger partial charge in [0.05, 0.1) is 11.9 Å². The summed E-state index contributed by atoms with van der Waals surface area (Å²) in [6.45, 7) is 8.38. The van der Waals surface area contributed by atoms with E-state index in [1.165, 1.54) is 22.4 Å². The number of likely N-dealkylation sites (N-methyl/N-ethyl adjacent to an activating group) is 1. The number of rotatable bonds is 4. The number of anilines is 1. The van der Waals surface area contributed by atoms with Crippen LogP contribution in [0.15, 0.2) is 36.5 Å². The monoisotopic (exact) mass is 478 g/mol. The van der Waals surface area contributed by atoms with Gasteiger partial charge in [0, 0.05) is 42.9 Å². The Morgan fingerprint density at radius 1 is 1.03 bits per heavy atom. The highest BCUT2D eigenvalue weighted by Gasteiger charge is 2.27. The van der Waals surface area contributed by atoms with Crippen molar-refractivity contribution in [2.45, 2.75) is 39.2 Å². The summed E-state index contributed by atoms with van der Waals surface area (Å²) in [7, 11) is 2.18. The average molecular weight is 479 g/mol. The largest absolute Gasteiger partial charge is 0.369 e. The molecule has 7 nitrogen and oxygen atoms in total. The van der Waals surface area contributed by atoms with E-state index in [1.807, 2.05) is 25.1 Å². The molecule has 0 saturated carbocycles. The highest BCUT2D eigenvalue weighted by Crippen LogP contribution is 2.33. The molecule has 1 N–H and O–H groups in total. The first-order valence-electron chi connectivity index (χ1n) is 11.9. The van der Waals surface area contributed by atoms with Crippen molar-refractivity contribution in [2.24, 2.45) is 0 Å². The normalized spacial score (nSPS) is 18.6. The predicted octanol–water partition coefficient (Wildman–Crippen LogP) is 3.58. The number of hydrogen-bond donors (Lipinski definition) is 1. The average Bonchev–Trinajstić information content (AvgIpc) is 3.30. The van der Waals surface area contributed by atoms with Gasteiger partial charge in [-0.1, -0.05) is 22.9 Å². The summed E-state index contributed by atoms with van der Waals surface area (Å²) in [6, 6.07) is 10.2. The van der Waals surface area contributed by atoms with Crippen LogP contribution in [-0.2, 0) is 12.8 Å². The van der Waals surface area contributed by atoms with Gasteiger partial charge in [0.2, 0.25) is 0 Å². The van der Waals surface area contributed by atoms with Gasteiger partial charge in [-0.2, -0.15) is 0 Å². The fourth-order valence-electron chi connectivity index (χ4n) is 5.13. The molecule has 0 radical (unpaired) electrons. The van der Waals surface area contributed by atoms with Crippen molar-refractivity contribution in [3.63, 3.8) is 0 Å². The summed E-state index contributed by atoms with van der Waals surface area (Å²) >= 11 is 6.07. The molecule has 1 fully saturated rings. The molecule has 34 heavy (non-hydrogen) atoms. The molecular formula is C26H31ClN6O. The van der Waals surface area contributed by atoms with Crippen molar-refractivity contribution < 1.29 is 4.79 Å². The lowest BCUT2D eigenvalue weighted by Gasteiger charge is -2.37. The van der Waals surface area contributed by atoms with Gasteiger partial charge in [-0.05, 0) is 86.7 Å². The number of aryl methyl sites for hydroxylation is 2. The summed E-state index contributed by atoms with van der Waals surface area (Å²) in [5.74, 6) is -0.180. The predicted molar refractivity (Wildman–Crippen MR) is 135 cm³/mol. The van der Waals surface area contributed by atoms with Crippen molar-refractivity contribution in [1.29, 1.82) is 0 Å². The quantitative estimate of drug-likeness (QED) is 0.621. The zero-order valence-corrected chi connectivity index (χ0v) is 20.8. The van der Waals surface area contributed by atoms with Crippen LogP contribution in [0, 0.1) is 13.8 Å². The fraction of sp³-hybridized carbons (Fsp3) is 0.423. The lowest BCUT2D eigenvalue weighted by molar-refractivity contribution is 0.0928. The highest BCUT2D eigenvalue weighted by atomic mass is 35.5. The molecule has 1 aliphatic heterocycles. The van der Waals surface area contributed by atoms with E-state index in [0.717, 1.165) is 56.7 Å². The first kappa shape index (κ1) is 22.9. The van der Waals surface area contributed by atoms with Crippen molar-refractivity contribution in [2.75, 3.05) is 38.1 Å². The number of benzene rings is 2. The number of carbonyl (C=O) groups excluding carboxylic acids is 1. The Balaban J connectivity index is 1.32. The Labute approximate surface area is 205 Å². The summed E-state index contributed by atoms with van der Waals surface area (Å²) in [4.78, 5) is 17.9. The number of halogens is 1. The molecule has 178 valence electrons. The molecule has 3 aromatic rings. The molecule has 8 heteroatoms. The van der Waals surface area contributed by atoms with E-state index in [4.69, 9.17) is 11.6 Å². The second-order valence-corrected chi connectivity index (χ2v) is 9.98. The van der Waals surface area contributed by atoms with Crippen LogP contribution in [0.5, 0.6) is 0 Å². The molecule has 2 heterocycles. The third-order valence-electron chi connectivity index (χ3n) is 7.14. The maximum Gasteiger partial charge on any atom is 0.273 e. The number of aromatic nitrogens is 3. The van der Waals surface area contributed by atoms with Gasteiger partial charge >= 0.3 is 0 Å². The molecule has 2 aromatic carbocycles. The van der Waals surface area contributed by atoms with E-state index in [9.17, 15) is 4.79 Å². The number of carbonyl (C=O) groups is 1. The van der Waals surface area contributed by atoms with Crippen molar-refractivity contribution in [3.05, 3.63) is 69.5 Å². The number of piperazine rings is 1. The zero-order valence-electron chi connectivity index (χ0n) is 20.0. The first-order valence-corrected chi connectivity index (χ1v) is 12.3. The van der Waals surface area contributed by atoms with Crippen LogP contribution in [0.1, 0.15) is 39.2 Å². The summed E-state index contributed by atoms with van der Waals surface area (Å²) in [5, 5.41) is 12.2. The number of nitrogens with zero attached hydrogens (tertiary/aromatic N) is 5. The molecule has 1 amide bonds. The fourth-order valence-corrected chi connectivity index (χ4v) is 5.35. The molecule has 0 unspecified atom stereocenters. The molecule has 1 aromatic heterocycles. The van der Waals surface area contributed by atoms with Gasteiger partial charge in [0.1, 0.15) is 0 Å². The maximum atomic E-state index is 13.0. The minimum absolute atomic E-state index is 0.0791. The number of hydrogen-bond acceptors (Lipinski definition) is 5. The van der Waals surface area contributed by atoms with E-state index < -0.39 is 0 Å². The molecule has 0 spiro atoms. The van der Waals surface area contributed by atoms with Gasteiger partial charge in [0.25, 0.3) is 5.91 Å². The molecule has 1 aliphatic carbocycles. The van der Waals surface area contributed by atoms with Crippen LogP contribution in [0.3, 0.4) is 0 Å². The molecule has 1 saturated heterocycles. The van der Waals surface area contributed by atoms with Crippen LogP contribution in [-0.4, -0.2) is 65.1 Å². The maximum absolute atomic E-state index is 13.0. The van der Waals surface area contributed by atoms with E-state index >= 15 is 0 Å². The van der Waals surface area contributed by atoms with E-state index in [2.05, 4.69) is 51.5 Å². The minimum atomic E-state index is -0.180. The number of nitrogens with one attached hydrogen (secondary N) is 1. The van der Waals surface area contributed by atoms with Gasteiger partial charge in [-0.15, -0.1) is 5.10 Å². The Kier molecular flexibility index (Phi) is 6.32. The Hall–Kier alpha value is -2.90. The molecule has 1 atom stereocenters. The highest BCUT2D eigenvalue weighted by molar-refractivity contribution is 6.30. The van der Waals surface area contributed by atoms with E-state index in [-0.39, 0.29) is 11.9 Å². The van der Waals surface area contributed by atoms with Gasteiger partial charge in [-0.3, -0.25) is 4.79 Å². The molecule has 0 bridgehead atoms. The molecular weight excluding hydrogens is 448 g/mol. The lowest BCUT2D eigenvalue weighted by atomic mass is 9.84. The first-order chi connectivity index (χ1) is 16.4. The summed E-state index contributed by atoms with van der Waals surface area (Å²) in [5.41, 5.74) is 7.67. The standard InChI is InChI=1S/C26H31ClN6O/c1-17-4-8-25(32-12-10-31(3)11-13-32)22-15-20(6-7-21(17)22)28-26(34)23-16-33(30-29-23)24-9-5-19(27)14-18(24)2/h4-5,8-9,14,16,20H,6-7,10-13,15H2,1-3H3,(H,28,34)/t20-/m1/s1. The lowest BCUT2D eigenvalue weighted by Crippen LogP contribution is -2.45. The van der Waals surface area contributed by atoms with Crippen molar-refractivity contribution in [3.8, 4) is 5.69 Å². The SMILES string of the molecule is Cc1cc(Cl)ccc1-n1cc(C(=O)N[C@@H]2CCc3c(C)ccc(N4CCN(C)CC4)c3C2)nn1. The number of amides is 1. The Morgan fingerprint density at radius 3 is 2.56 bits per heavy atom. The zero-order chi connectivity index (χ0) is 23.8. The van der Waals surface area contributed by atoms with Gasteiger partial charge < -0.3 is 15.1 Å². The summed E-state index contributed by atoms with van der Waals surface area (Å²) in [6.07, 6.45) is 4.43. The van der Waals surface area contributed by atoms with Crippen molar-refractivity contribution >= 4 is 23.2 Å².